The van der Waals surface area contributed by atoms with Crippen LogP contribution in [0.5, 0.6) is 5.75 Å². The Morgan fingerprint density at radius 1 is 1.18 bits per heavy atom. The minimum Gasteiger partial charge on any atom is -0.496 e. The van der Waals surface area contributed by atoms with Crippen LogP contribution < -0.4 is 24.5 Å². The number of hydrogen-bond donors (Lipinski definition) is 0. The average Bonchev–Trinajstić information content (AvgIpc) is 3.35. The van der Waals surface area contributed by atoms with Crippen LogP contribution in [-0.4, -0.2) is 36.2 Å². The molecule has 0 N–H and O–H groups in total. The summed E-state index contributed by atoms with van der Waals surface area (Å²) in [6.07, 6.45) is 0. The number of anilines is 1. The zero-order chi connectivity index (χ0) is 27.3. The van der Waals surface area contributed by atoms with Crippen molar-refractivity contribution in [3.8, 4) is 5.75 Å². The van der Waals surface area contributed by atoms with Gasteiger partial charge in [0.05, 0.1) is 36.2 Å². The molecule has 38 heavy (non-hydrogen) atoms. The Bertz CT molecular complexity index is 1700. The largest absolute Gasteiger partial charge is 0.496 e. The van der Waals surface area contributed by atoms with Gasteiger partial charge in [0.15, 0.2) is 4.80 Å². The third kappa shape index (κ3) is 3.97. The van der Waals surface area contributed by atoms with E-state index in [2.05, 4.69) is 4.99 Å². The predicted octanol–water partition coefficient (Wildman–Crippen LogP) is 3.59. The first kappa shape index (κ1) is 25.9. The van der Waals surface area contributed by atoms with Gasteiger partial charge in [0.25, 0.3) is 11.5 Å². The molecule has 10 heteroatoms. The number of aromatic nitrogens is 1. The smallest absolute Gasteiger partial charge is 0.338 e. The number of amides is 1. The fourth-order valence-electron chi connectivity index (χ4n) is 5.03. The molecule has 3 heterocycles. The molecule has 196 valence electrons. The highest BCUT2D eigenvalue weighted by Gasteiger charge is 2.38. The van der Waals surface area contributed by atoms with Gasteiger partial charge in [-0.25, -0.2) is 9.79 Å². The molecule has 0 saturated carbocycles. The molecule has 8 nitrogen and oxygen atoms in total. The van der Waals surface area contributed by atoms with Gasteiger partial charge in [0.1, 0.15) is 16.3 Å². The second-order valence-electron chi connectivity index (χ2n) is 9.17. The van der Waals surface area contributed by atoms with E-state index >= 15 is 0 Å². The molecule has 3 aromatic rings. The third-order valence-electron chi connectivity index (χ3n) is 6.59. The number of halogens is 1. The molecule has 0 spiro atoms. The number of carbonyl (C=O) groups excluding carboxylic acids is 2. The summed E-state index contributed by atoms with van der Waals surface area (Å²) in [4.78, 5) is 47.8. The molecule has 2 aromatic carbocycles. The molecule has 0 fully saturated rings. The number of rotatable bonds is 5. The van der Waals surface area contributed by atoms with Gasteiger partial charge < -0.3 is 14.4 Å². The molecule has 1 amide bonds. The molecule has 5 rings (SSSR count). The fraction of sp³-hybridized carbons (Fsp3) is 0.286. The van der Waals surface area contributed by atoms with Crippen molar-refractivity contribution in [2.45, 2.75) is 39.8 Å². The number of methoxy groups -OCH3 is 1. The van der Waals surface area contributed by atoms with Crippen LogP contribution in [0.4, 0.5) is 5.69 Å². The Labute approximate surface area is 228 Å². The predicted molar refractivity (Wildman–Crippen MR) is 146 cm³/mol. The number of esters is 1. The summed E-state index contributed by atoms with van der Waals surface area (Å²) in [7, 11) is 1.51. The van der Waals surface area contributed by atoms with E-state index in [1.165, 1.54) is 11.7 Å². The third-order valence-corrected chi connectivity index (χ3v) is 7.88. The highest BCUT2D eigenvalue weighted by Crippen LogP contribution is 2.38. The van der Waals surface area contributed by atoms with E-state index in [1.807, 2.05) is 38.1 Å². The standard InChI is InChI=1S/C28H26ClN3O5S/c1-6-37-27(35)21-15(4)30-28-32(23(21)18-13-16(29)11-12-20(18)36-5)26(34)24(38-28)22-17-9-7-8-10-19(17)31(14(2)3)25(22)33/h7-14,23H,6H2,1-5H3/b24-22-/t23-/m0/s1. The van der Waals surface area contributed by atoms with Crippen LogP contribution in [0.1, 0.15) is 44.9 Å². The second kappa shape index (κ2) is 9.89. The number of thiazole rings is 1. The highest BCUT2D eigenvalue weighted by molar-refractivity contribution is 7.07. The van der Waals surface area contributed by atoms with Crippen molar-refractivity contribution in [1.82, 2.24) is 4.57 Å². The second-order valence-corrected chi connectivity index (χ2v) is 10.6. The van der Waals surface area contributed by atoms with Crippen LogP contribution in [0, 0.1) is 0 Å². The number of nitrogens with zero attached hydrogens (tertiary/aromatic N) is 3. The van der Waals surface area contributed by atoms with Crippen LogP contribution in [0.3, 0.4) is 0 Å². The Kier molecular flexibility index (Phi) is 6.75. The minimum absolute atomic E-state index is 0.106. The minimum atomic E-state index is -0.916. The van der Waals surface area contributed by atoms with Crippen LogP contribution >= 0.6 is 22.9 Å². The number of hydrogen-bond acceptors (Lipinski definition) is 7. The number of benzene rings is 2. The molecule has 0 bridgehead atoms. The van der Waals surface area contributed by atoms with E-state index in [-0.39, 0.29) is 28.7 Å². The molecule has 1 atom stereocenters. The monoisotopic (exact) mass is 551 g/mol. The van der Waals surface area contributed by atoms with Gasteiger partial charge in [-0.1, -0.05) is 41.1 Å². The van der Waals surface area contributed by atoms with Crippen LogP contribution in [0.25, 0.3) is 5.57 Å². The molecular formula is C28H26ClN3O5S. The van der Waals surface area contributed by atoms with Crippen LogP contribution in [0.15, 0.2) is 63.5 Å². The zero-order valence-electron chi connectivity index (χ0n) is 21.6. The van der Waals surface area contributed by atoms with E-state index < -0.39 is 17.6 Å². The molecule has 0 unspecified atom stereocenters. The molecule has 0 radical (unpaired) electrons. The van der Waals surface area contributed by atoms with Crippen molar-refractivity contribution in [2.75, 3.05) is 18.6 Å². The lowest BCUT2D eigenvalue weighted by molar-refractivity contribution is -0.139. The van der Waals surface area contributed by atoms with E-state index in [9.17, 15) is 14.4 Å². The van der Waals surface area contributed by atoms with Crippen molar-refractivity contribution in [3.05, 3.63) is 89.6 Å². The maximum Gasteiger partial charge on any atom is 0.338 e. The lowest BCUT2D eigenvalue weighted by Crippen LogP contribution is -2.41. The quantitative estimate of drug-likeness (QED) is 0.452. The fourth-order valence-corrected chi connectivity index (χ4v) is 6.34. The number of ether oxygens (including phenoxy) is 2. The van der Waals surface area contributed by atoms with Crippen molar-refractivity contribution >= 4 is 46.1 Å². The van der Waals surface area contributed by atoms with Gasteiger partial charge >= 0.3 is 5.97 Å². The van der Waals surface area contributed by atoms with Gasteiger partial charge in [0, 0.05) is 22.2 Å². The molecule has 0 aliphatic carbocycles. The molecule has 2 aliphatic rings. The summed E-state index contributed by atoms with van der Waals surface area (Å²) < 4.78 is 12.7. The molecular weight excluding hydrogens is 526 g/mol. The van der Waals surface area contributed by atoms with E-state index in [1.54, 1.807) is 36.9 Å². The van der Waals surface area contributed by atoms with Gasteiger partial charge in [-0.05, 0) is 52.0 Å². The number of allylic oxidation sites excluding steroid dienone is 1. The number of fused-ring (bicyclic) bond motifs is 2. The van der Waals surface area contributed by atoms with Gasteiger partial charge in [-0.3, -0.25) is 14.2 Å². The summed E-state index contributed by atoms with van der Waals surface area (Å²) in [5.74, 6) is -0.390. The summed E-state index contributed by atoms with van der Waals surface area (Å²) in [6, 6.07) is 11.4. The summed E-state index contributed by atoms with van der Waals surface area (Å²) in [5.41, 5.74) is 2.47. The SMILES string of the molecule is CCOC(=O)C1=C(C)N=c2s/c(=C3\C(=O)N(C(C)C)c4ccccc43)c(=O)n2[C@H]1c1cc(Cl)ccc1OC. The first-order valence-electron chi connectivity index (χ1n) is 12.2. The summed E-state index contributed by atoms with van der Waals surface area (Å²) in [6.45, 7) is 7.43. The molecule has 1 aromatic heterocycles. The van der Waals surface area contributed by atoms with E-state index in [0.717, 1.165) is 17.0 Å². The van der Waals surface area contributed by atoms with Crippen molar-refractivity contribution in [3.63, 3.8) is 0 Å². The summed E-state index contributed by atoms with van der Waals surface area (Å²) in [5, 5.41) is 0.413. The van der Waals surface area contributed by atoms with Crippen molar-refractivity contribution in [2.24, 2.45) is 4.99 Å². The van der Waals surface area contributed by atoms with Gasteiger partial charge in [-0.2, -0.15) is 0 Å². The van der Waals surface area contributed by atoms with Crippen LogP contribution in [0.2, 0.25) is 5.02 Å². The van der Waals surface area contributed by atoms with Crippen LogP contribution in [-0.2, 0) is 14.3 Å². The number of para-hydroxylation sites is 1. The van der Waals surface area contributed by atoms with Crippen molar-refractivity contribution in [1.29, 1.82) is 0 Å². The Morgan fingerprint density at radius 2 is 1.92 bits per heavy atom. The average molecular weight is 552 g/mol. The first-order valence-corrected chi connectivity index (χ1v) is 13.4. The lowest BCUT2D eigenvalue weighted by atomic mass is 9.95. The van der Waals surface area contributed by atoms with E-state index in [0.29, 0.717) is 38.0 Å². The molecule has 0 saturated heterocycles. The van der Waals surface area contributed by atoms with Gasteiger partial charge in [0.2, 0.25) is 0 Å². The topological polar surface area (TPSA) is 90.2 Å². The number of carbonyl (C=O) groups is 2. The van der Waals surface area contributed by atoms with Crippen molar-refractivity contribution < 1.29 is 19.1 Å². The summed E-state index contributed by atoms with van der Waals surface area (Å²) >= 11 is 7.49. The Morgan fingerprint density at radius 3 is 2.61 bits per heavy atom. The maximum absolute atomic E-state index is 14.2. The molecule has 2 aliphatic heterocycles. The van der Waals surface area contributed by atoms with Gasteiger partial charge in [-0.15, -0.1) is 0 Å². The highest BCUT2D eigenvalue weighted by atomic mass is 35.5. The lowest BCUT2D eigenvalue weighted by Gasteiger charge is -2.26. The Balaban J connectivity index is 1.86. The van der Waals surface area contributed by atoms with E-state index in [4.69, 9.17) is 21.1 Å². The normalized spacial score (nSPS) is 17.9. The zero-order valence-corrected chi connectivity index (χ0v) is 23.1. The Hall–Kier alpha value is -3.69. The maximum atomic E-state index is 14.2. The first-order chi connectivity index (χ1) is 18.2.